The van der Waals surface area contributed by atoms with Crippen molar-refractivity contribution in [2.45, 2.75) is 50.0 Å². The molecule has 7 heteroatoms. The summed E-state index contributed by atoms with van der Waals surface area (Å²) in [6, 6.07) is 6.71. The van der Waals surface area contributed by atoms with Crippen molar-refractivity contribution in [2.24, 2.45) is 0 Å². The van der Waals surface area contributed by atoms with Crippen LogP contribution in [-0.4, -0.2) is 11.5 Å². The number of hydrogen-bond donors (Lipinski definition) is 1. The van der Waals surface area contributed by atoms with Crippen LogP contribution in [0.2, 0.25) is 13.1 Å². The Morgan fingerprint density at radius 2 is 1.74 bits per heavy atom. The topological polar surface area (TPSA) is 12.0 Å². The zero-order valence-electron chi connectivity index (χ0n) is 14.5. The zero-order chi connectivity index (χ0) is 17.9. The summed E-state index contributed by atoms with van der Waals surface area (Å²) in [6.45, 7) is 14.4. The average molecular weight is 811 g/mol. The molecule has 0 aromatic heterocycles. The minimum atomic E-state index is -3.84. The first-order valence-electron chi connectivity index (χ1n) is 7.89. The molecule has 1 aromatic carbocycles. The van der Waals surface area contributed by atoms with Gasteiger partial charge < -0.3 is 0 Å². The molecular formula is C16H25BrI3NSiZr. The number of allylic oxidation sites excluding steroid dienone is 1. The third kappa shape index (κ3) is 3.96. The van der Waals surface area contributed by atoms with Crippen molar-refractivity contribution in [1.29, 1.82) is 0 Å². The van der Waals surface area contributed by atoms with Crippen molar-refractivity contribution in [3.8, 4) is 0 Å². The van der Waals surface area contributed by atoms with Crippen LogP contribution in [0.3, 0.4) is 0 Å². The van der Waals surface area contributed by atoms with E-state index in [0.717, 1.165) is 0 Å². The molecule has 0 amide bonds. The molecule has 0 aliphatic heterocycles. The summed E-state index contributed by atoms with van der Waals surface area (Å²) in [5, 5.41) is 0. The molecule has 0 spiro atoms. The van der Waals surface area contributed by atoms with Crippen LogP contribution >= 0.6 is 70.1 Å². The van der Waals surface area contributed by atoms with Gasteiger partial charge >= 0.3 is 179 Å². The van der Waals surface area contributed by atoms with Gasteiger partial charge in [0.1, 0.15) is 0 Å². The van der Waals surface area contributed by atoms with Crippen molar-refractivity contribution in [1.82, 2.24) is 3.26 Å². The van der Waals surface area contributed by atoms with E-state index in [-0.39, 0.29) is 5.54 Å². The number of benzene rings is 1. The number of halogens is 4. The normalized spacial score (nSPS) is 21.7. The maximum atomic E-state index is 4.29. The molecule has 1 atom stereocenters. The molecule has 0 saturated heterocycles. The first-order valence-corrected chi connectivity index (χ1v) is 40.4. The Kier molecular flexibility index (Phi) is 6.08. The molecule has 1 aromatic rings. The van der Waals surface area contributed by atoms with Crippen molar-refractivity contribution >= 4 is 82.1 Å². The van der Waals surface area contributed by atoms with Crippen LogP contribution in [-0.2, 0) is 4.18 Å². The van der Waals surface area contributed by atoms with Gasteiger partial charge in [0.2, 0.25) is 0 Å². The number of fused-ring (bicyclic) bond motifs is 1. The molecule has 0 heterocycles. The summed E-state index contributed by atoms with van der Waals surface area (Å²) in [7, 11) is 0. The van der Waals surface area contributed by atoms with E-state index < -0.39 is 10.1 Å². The second kappa shape index (κ2) is 6.36. The SMILES string of the molecule is CC1=Cc2c(Br)cccc2[CH]1[Zr]([I])([I])([I])([NH]C(C)(C)C)[SiH](C)C. The first kappa shape index (κ1) is 22.0. The van der Waals surface area contributed by atoms with Crippen molar-refractivity contribution in [3.05, 3.63) is 39.4 Å². The van der Waals surface area contributed by atoms with E-state index in [9.17, 15) is 0 Å². The molecule has 1 aliphatic rings. The van der Waals surface area contributed by atoms with Crippen molar-refractivity contribution in [2.75, 3.05) is 0 Å². The van der Waals surface area contributed by atoms with E-state index in [1.807, 2.05) is 0 Å². The average Bonchev–Trinajstić information content (AvgIpc) is 2.64. The molecule has 1 aliphatic carbocycles. The zero-order valence-corrected chi connectivity index (χ0v) is 26.1. The van der Waals surface area contributed by atoms with Crippen LogP contribution < -0.4 is 3.26 Å². The van der Waals surface area contributed by atoms with E-state index in [1.165, 1.54) is 21.2 Å². The second-order valence-corrected chi connectivity index (χ2v) is 147. The fraction of sp³-hybridized carbons (Fsp3) is 0.500. The Labute approximate surface area is 175 Å². The quantitative estimate of drug-likeness (QED) is 0.247. The summed E-state index contributed by atoms with van der Waals surface area (Å²) in [5.41, 5.74) is 4.56. The van der Waals surface area contributed by atoms with E-state index >= 15 is 0 Å². The van der Waals surface area contributed by atoms with Crippen LogP contribution in [0.5, 0.6) is 0 Å². The predicted molar refractivity (Wildman–Crippen MR) is 134 cm³/mol. The summed E-state index contributed by atoms with van der Waals surface area (Å²) >= 11 is 12.6. The second-order valence-electron chi connectivity index (χ2n) is 8.20. The molecule has 23 heavy (non-hydrogen) atoms. The molecule has 0 bridgehead atoms. The summed E-state index contributed by atoms with van der Waals surface area (Å²) in [5.74, 6) is -1.00. The fourth-order valence-corrected chi connectivity index (χ4v) is 56.0. The minimum absolute atomic E-state index is 0.118. The van der Waals surface area contributed by atoms with Crippen LogP contribution in [0.15, 0.2) is 28.2 Å². The van der Waals surface area contributed by atoms with Gasteiger partial charge in [0, 0.05) is 0 Å². The Bertz CT molecular complexity index is 701. The first-order chi connectivity index (χ1) is 10.1. The Balaban J connectivity index is 2.80. The molecule has 0 radical (unpaired) electrons. The van der Waals surface area contributed by atoms with Gasteiger partial charge in [-0.2, -0.15) is 0 Å². The van der Waals surface area contributed by atoms with Gasteiger partial charge in [0.05, 0.1) is 0 Å². The predicted octanol–water partition coefficient (Wildman–Crippen LogP) is 7.47. The van der Waals surface area contributed by atoms with Gasteiger partial charge in [-0.25, -0.2) is 0 Å². The van der Waals surface area contributed by atoms with Gasteiger partial charge in [0.15, 0.2) is 0 Å². The summed E-state index contributed by atoms with van der Waals surface area (Å²) in [6.07, 6.45) is 2.41. The van der Waals surface area contributed by atoms with Gasteiger partial charge in [-0.1, -0.05) is 0 Å². The number of nitrogens with one attached hydrogen (secondary N) is 1. The van der Waals surface area contributed by atoms with Gasteiger partial charge in [-0.05, 0) is 0 Å². The number of rotatable bonds is 3. The van der Waals surface area contributed by atoms with Crippen LogP contribution in [0.25, 0.3) is 6.08 Å². The molecule has 130 valence electrons. The van der Waals surface area contributed by atoms with Crippen molar-refractivity contribution < 1.29 is 4.18 Å². The Morgan fingerprint density at radius 3 is 2.22 bits per heavy atom. The number of hydrogen-bond acceptors (Lipinski definition) is 1. The van der Waals surface area contributed by atoms with E-state index in [4.69, 9.17) is 0 Å². The standard InChI is InChI=1S/C10H8Br.C4H10N.C2H7Si.3HI.Zr/c1-7-5-8-3-2-4-10(11)9(8)6-7;1-4(2,3)5;1-3-2;;;;/h2-6H,1H3;5H,1-3H3;3H,1-2H3;3*1H;/q;-1;;;;;+4/p-3. The molecule has 1 unspecified atom stereocenters. The van der Waals surface area contributed by atoms with Gasteiger partial charge in [0.25, 0.3) is 0 Å². The monoisotopic (exact) mass is 809 g/mol. The Morgan fingerprint density at radius 1 is 1.17 bits per heavy atom. The third-order valence-electron chi connectivity index (χ3n) is 4.80. The Hall–Kier alpha value is 2.69. The van der Waals surface area contributed by atoms with Gasteiger partial charge in [-0.3, -0.25) is 0 Å². The van der Waals surface area contributed by atoms with Crippen LogP contribution in [0.1, 0.15) is 42.4 Å². The van der Waals surface area contributed by atoms with Crippen LogP contribution in [0.4, 0.5) is 0 Å². The molecule has 0 saturated carbocycles. The fourth-order valence-electron chi connectivity index (χ4n) is 3.77. The summed E-state index contributed by atoms with van der Waals surface area (Å²) < 4.78 is 2.21. The van der Waals surface area contributed by atoms with Crippen LogP contribution in [0, 0.1) is 0 Å². The molecule has 0 fully saturated rings. The molecular weight excluding hydrogens is 786 g/mol. The van der Waals surface area contributed by atoms with Gasteiger partial charge in [-0.15, -0.1) is 0 Å². The van der Waals surface area contributed by atoms with E-state index in [0.29, 0.717) is 3.63 Å². The third-order valence-corrected chi connectivity index (χ3v) is 120. The maximum absolute atomic E-state index is 4.29. The van der Waals surface area contributed by atoms with E-state index in [1.54, 1.807) is 0 Å². The molecule has 2 rings (SSSR count). The molecule has 1 nitrogen and oxygen atoms in total. The van der Waals surface area contributed by atoms with Crippen molar-refractivity contribution in [3.63, 3.8) is 0 Å². The van der Waals surface area contributed by atoms with E-state index in [2.05, 4.69) is 138 Å². The summed E-state index contributed by atoms with van der Waals surface area (Å²) in [4.78, 5) is 0. The molecule has 1 N–H and O–H groups in total.